The molecule has 0 amide bonds. The molecule has 0 aliphatic carbocycles. The third-order valence-corrected chi connectivity index (χ3v) is 5.19. The first-order valence-electron chi connectivity index (χ1n) is 8.96. The molecule has 0 saturated heterocycles. The van der Waals surface area contributed by atoms with Crippen LogP contribution in [0.25, 0.3) is 5.69 Å². The zero-order valence-electron chi connectivity index (χ0n) is 16.3. The molecule has 0 spiro atoms. The van der Waals surface area contributed by atoms with Gasteiger partial charge in [0.2, 0.25) is 10.1 Å². The summed E-state index contributed by atoms with van der Waals surface area (Å²) in [6, 6.07) is 7.04. The Kier molecular flexibility index (Phi) is 5.77. The Labute approximate surface area is 182 Å². The van der Waals surface area contributed by atoms with Crippen molar-refractivity contribution in [2.45, 2.75) is 6.54 Å². The molecule has 0 N–H and O–H groups in total. The second-order valence-electron chi connectivity index (χ2n) is 6.35. The largest absolute Gasteiger partial charge is 0.464 e. The zero-order chi connectivity index (χ0) is 22.8. The number of esters is 1. The van der Waals surface area contributed by atoms with Gasteiger partial charge in [-0.15, -0.1) is 0 Å². The number of nitrogens with zero attached hydrogens (tertiary/aromatic N) is 4. The fraction of sp³-hybridized carbons (Fsp3) is 0.100. The summed E-state index contributed by atoms with van der Waals surface area (Å²) >= 11 is 0.872. The maximum absolute atomic E-state index is 14.6. The predicted octanol–water partition coefficient (Wildman–Crippen LogP) is 3.54. The van der Waals surface area contributed by atoms with E-state index in [1.54, 1.807) is 0 Å². The topological polar surface area (TPSA) is 88.2 Å². The lowest BCUT2D eigenvalue weighted by molar-refractivity contribution is 0.0600. The molecule has 0 atom stereocenters. The number of aromatic nitrogens is 4. The highest BCUT2D eigenvalue weighted by Gasteiger charge is 2.16. The van der Waals surface area contributed by atoms with Crippen molar-refractivity contribution in [3.8, 4) is 16.5 Å². The van der Waals surface area contributed by atoms with Gasteiger partial charge in [-0.25, -0.2) is 27.7 Å². The Hall–Kier alpha value is -3.93. The van der Waals surface area contributed by atoms with Gasteiger partial charge in [-0.1, -0.05) is 17.4 Å². The standard InChI is InChI=1S/C20H13F3N4O4S/c1-30-19(28)18-24-8-17(32-18)31-16-6-5-11(7-15(16)23)27-20(29)26(10-25-27)9-12-13(21)3-2-4-14(12)22/h2-8,10H,9H2,1H3. The molecule has 2 aromatic carbocycles. The fourth-order valence-corrected chi connectivity index (χ4v) is 3.47. The monoisotopic (exact) mass is 462 g/mol. The maximum Gasteiger partial charge on any atom is 0.367 e. The van der Waals surface area contributed by atoms with Gasteiger partial charge in [0.1, 0.15) is 18.0 Å². The molecule has 0 aliphatic rings. The van der Waals surface area contributed by atoms with E-state index >= 15 is 0 Å². The molecule has 0 fully saturated rings. The highest BCUT2D eigenvalue weighted by Crippen LogP contribution is 2.30. The van der Waals surface area contributed by atoms with Crippen molar-refractivity contribution in [3.63, 3.8) is 0 Å². The van der Waals surface area contributed by atoms with Crippen molar-refractivity contribution in [2.24, 2.45) is 0 Å². The van der Waals surface area contributed by atoms with Gasteiger partial charge in [-0.2, -0.15) is 9.78 Å². The maximum atomic E-state index is 14.6. The van der Waals surface area contributed by atoms with Crippen molar-refractivity contribution < 1.29 is 27.4 Å². The summed E-state index contributed by atoms with van der Waals surface area (Å²) in [6.07, 6.45) is 2.35. The van der Waals surface area contributed by atoms with E-state index in [-0.39, 0.29) is 33.6 Å². The molecule has 4 aromatic rings. The number of carbonyl (C=O) groups is 1. The van der Waals surface area contributed by atoms with E-state index in [2.05, 4.69) is 14.8 Å². The number of carbonyl (C=O) groups excluding carboxylic acids is 1. The molecule has 32 heavy (non-hydrogen) atoms. The molecular weight excluding hydrogens is 449 g/mol. The minimum atomic E-state index is -0.808. The second kappa shape index (κ2) is 8.67. The molecule has 0 aliphatic heterocycles. The van der Waals surface area contributed by atoms with E-state index in [9.17, 15) is 22.8 Å². The Balaban J connectivity index is 1.56. The average molecular weight is 462 g/mol. The van der Waals surface area contributed by atoms with Crippen molar-refractivity contribution >= 4 is 17.3 Å². The predicted molar refractivity (Wildman–Crippen MR) is 107 cm³/mol. The number of thiazole rings is 1. The van der Waals surface area contributed by atoms with Crippen LogP contribution in [0.1, 0.15) is 15.4 Å². The van der Waals surface area contributed by atoms with E-state index in [4.69, 9.17) is 4.74 Å². The molecule has 4 rings (SSSR count). The van der Waals surface area contributed by atoms with E-state index in [1.165, 1.54) is 31.5 Å². The van der Waals surface area contributed by atoms with Crippen LogP contribution < -0.4 is 10.4 Å². The molecule has 0 saturated carbocycles. The minimum absolute atomic E-state index is 0.0444. The highest BCUT2D eigenvalue weighted by atomic mass is 32.1. The van der Waals surface area contributed by atoms with Crippen molar-refractivity contribution in [1.82, 2.24) is 19.3 Å². The number of hydrogen-bond donors (Lipinski definition) is 0. The van der Waals surface area contributed by atoms with Crippen LogP contribution in [0.4, 0.5) is 13.2 Å². The van der Waals surface area contributed by atoms with E-state index in [0.29, 0.717) is 0 Å². The number of halogens is 3. The van der Waals surface area contributed by atoms with Crippen LogP contribution in [0.3, 0.4) is 0 Å². The van der Waals surface area contributed by atoms with Crippen LogP contribution >= 0.6 is 11.3 Å². The van der Waals surface area contributed by atoms with Gasteiger partial charge in [0.15, 0.2) is 11.6 Å². The first-order valence-corrected chi connectivity index (χ1v) is 9.78. The summed E-state index contributed by atoms with van der Waals surface area (Å²) < 4.78 is 54.1. The number of ether oxygens (including phenoxy) is 2. The third-order valence-electron chi connectivity index (χ3n) is 4.34. The van der Waals surface area contributed by atoms with E-state index in [1.807, 2.05) is 0 Å². The summed E-state index contributed by atoms with van der Waals surface area (Å²) in [5, 5.41) is 4.09. The minimum Gasteiger partial charge on any atom is -0.464 e. The lowest BCUT2D eigenvalue weighted by Crippen LogP contribution is -2.24. The van der Waals surface area contributed by atoms with Gasteiger partial charge >= 0.3 is 11.7 Å². The molecule has 2 aromatic heterocycles. The smallest absolute Gasteiger partial charge is 0.367 e. The normalized spacial score (nSPS) is 10.9. The van der Waals surface area contributed by atoms with Crippen LogP contribution in [0, 0.1) is 17.5 Å². The first-order chi connectivity index (χ1) is 15.4. The quantitative estimate of drug-likeness (QED) is 0.408. The van der Waals surface area contributed by atoms with Crippen LogP contribution in [-0.2, 0) is 11.3 Å². The summed E-state index contributed by atoms with van der Waals surface area (Å²) in [6.45, 7) is -0.380. The zero-order valence-corrected chi connectivity index (χ0v) is 17.1. The molecule has 0 radical (unpaired) electrons. The first kappa shape index (κ1) is 21.3. The van der Waals surface area contributed by atoms with Crippen molar-refractivity contribution in [1.29, 1.82) is 0 Å². The molecule has 164 valence electrons. The fourth-order valence-electron chi connectivity index (χ4n) is 2.77. The van der Waals surface area contributed by atoms with Crippen molar-refractivity contribution in [2.75, 3.05) is 7.11 Å². The van der Waals surface area contributed by atoms with E-state index < -0.39 is 29.1 Å². The van der Waals surface area contributed by atoms with Gasteiger partial charge in [0.05, 0.1) is 25.5 Å². The number of benzene rings is 2. The number of methoxy groups -OCH3 is 1. The van der Waals surface area contributed by atoms with Crippen LogP contribution in [0.15, 0.2) is 53.7 Å². The van der Waals surface area contributed by atoms with E-state index in [0.717, 1.165) is 45.1 Å². The van der Waals surface area contributed by atoms with Gasteiger partial charge < -0.3 is 9.47 Å². The Morgan fingerprint density at radius 1 is 1.12 bits per heavy atom. The summed E-state index contributed by atoms with van der Waals surface area (Å²) in [4.78, 5) is 27.9. The second-order valence-corrected chi connectivity index (χ2v) is 7.34. The third kappa shape index (κ3) is 4.12. The average Bonchev–Trinajstić information content (AvgIpc) is 3.38. The van der Waals surface area contributed by atoms with Gasteiger partial charge in [-0.3, -0.25) is 4.57 Å². The Morgan fingerprint density at radius 3 is 2.56 bits per heavy atom. The SMILES string of the molecule is COC(=O)c1ncc(Oc2ccc(-n3ncn(Cc4c(F)cccc4F)c3=O)cc2F)s1. The molecule has 2 heterocycles. The van der Waals surface area contributed by atoms with Gasteiger partial charge in [0, 0.05) is 11.6 Å². The van der Waals surface area contributed by atoms with Crippen LogP contribution in [-0.4, -0.2) is 32.4 Å². The summed E-state index contributed by atoms with van der Waals surface area (Å²) in [5.41, 5.74) is -0.932. The van der Waals surface area contributed by atoms with Crippen molar-refractivity contribution in [3.05, 3.63) is 87.4 Å². The highest BCUT2D eigenvalue weighted by molar-refractivity contribution is 7.15. The Morgan fingerprint density at radius 2 is 1.88 bits per heavy atom. The molecule has 0 bridgehead atoms. The molecule has 12 heteroatoms. The van der Waals surface area contributed by atoms with Gasteiger partial charge in [0.25, 0.3) is 0 Å². The summed E-state index contributed by atoms with van der Waals surface area (Å²) in [5.74, 6) is -3.22. The Bertz CT molecular complexity index is 1340. The molecule has 8 nitrogen and oxygen atoms in total. The molecular formula is C20H13F3N4O4S. The number of hydrogen-bond acceptors (Lipinski definition) is 7. The van der Waals surface area contributed by atoms with Crippen LogP contribution in [0.5, 0.6) is 10.8 Å². The van der Waals surface area contributed by atoms with Crippen LogP contribution in [0.2, 0.25) is 0 Å². The van der Waals surface area contributed by atoms with Gasteiger partial charge in [-0.05, 0) is 24.3 Å². The lowest BCUT2D eigenvalue weighted by atomic mass is 10.2. The lowest BCUT2D eigenvalue weighted by Gasteiger charge is -2.06. The molecule has 0 unspecified atom stereocenters. The summed E-state index contributed by atoms with van der Waals surface area (Å²) in [7, 11) is 1.21. The number of rotatable bonds is 6.